The van der Waals surface area contributed by atoms with Crippen molar-refractivity contribution in [2.45, 2.75) is 17.7 Å². The van der Waals surface area contributed by atoms with Gasteiger partial charge >= 0.3 is 0 Å². The highest BCUT2D eigenvalue weighted by Gasteiger charge is 2.22. The summed E-state index contributed by atoms with van der Waals surface area (Å²) in [5.41, 5.74) is 5.35. The van der Waals surface area contributed by atoms with E-state index >= 15 is 0 Å². The first-order valence-electron chi connectivity index (χ1n) is 6.56. The monoisotopic (exact) mass is 377 g/mol. The number of hydrogen-bond donors (Lipinski definition) is 2. The van der Waals surface area contributed by atoms with Crippen LogP contribution in [0.15, 0.2) is 33.6 Å². The maximum atomic E-state index is 12.3. The first-order valence-corrected chi connectivity index (χ1v) is 8.80. The van der Waals surface area contributed by atoms with Gasteiger partial charge in [-0.05, 0) is 43.7 Å². The maximum Gasteiger partial charge on any atom is 0.243 e. The first kappa shape index (κ1) is 18.1. The molecule has 0 bridgehead atoms. The van der Waals surface area contributed by atoms with E-state index in [9.17, 15) is 13.2 Å². The van der Waals surface area contributed by atoms with Crippen LogP contribution < -0.4 is 11.1 Å². The van der Waals surface area contributed by atoms with Crippen LogP contribution in [0.1, 0.15) is 12.8 Å². The zero-order chi connectivity index (χ0) is 15.9. The summed E-state index contributed by atoms with van der Waals surface area (Å²) in [6.07, 6.45) is 1.61. The van der Waals surface area contributed by atoms with Crippen molar-refractivity contribution >= 4 is 31.9 Å². The van der Waals surface area contributed by atoms with Crippen LogP contribution in [-0.4, -0.2) is 45.3 Å². The first-order chi connectivity index (χ1) is 9.87. The Hall–Kier alpha value is -0.960. The summed E-state index contributed by atoms with van der Waals surface area (Å²) in [7, 11) is -2.27. The molecule has 0 heterocycles. The lowest BCUT2D eigenvalue weighted by Gasteiger charge is -2.17. The molecule has 0 fully saturated rings. The highest BCUT2D eigenvalue weighted by Crippen LogP contribution is 2.17. The number of carbonyl (C=O) groups excluding carboxylic acids is 1. The largest absolute Gasteiger partial charge is 0.355 e. The summed E-state index contributed by atoms with van der Waals surface area (Å²) in [6.45, 7) is 0.872. The average molecular weight is 378 g/mol. The Labute approximate surface area is 133 Å². The molecule has 3 N–H and O–H groups in total. The number of benzene rings is 1. The van der Waals surface area contributed by atoms with E-state index in [-0.39, 0.29) is 17.3 Å². The Morgan fingerprint density at radius 2 is 1.90 bits per heavy atom. The second kappa shape index (κ2) is 8.47. The van der Waals surface area contributed by atoms with Gasteiger partial charge in [0, 0.05) is 18.1 Å². The Morgan fingerprint density at radius 1 is 1.29 bits per heavy atom. The molecule has 0 saturated heterocycles. The summed E-state index contributed by atoms with van der Waals surface area (Å²) in [4.78, 5) is 11.8. The van der Waals surface area contributed by atoms with Crippen LogP contribution in [0, 0.1) is 0 Å². The summed E-state index contributed by atoms with van der Waals surface area (Å²) in [6, 6.07) is 6.28. The number of likely N-dealkylation sites (N-methyl/N-ethyl adjacent to an activating group) is 1. The summed E-state index contributed by atoms with van der Waals surface area (Å²) in [5, 5.41) is 2.67. The van der Waals surface area contributed by atoms with Gasteiger partial charge in [0.2, 0.25) is 15.9 Å². The Bertz CT molecular complexity index is 561. The van der Waals surface area contributed by atoms with Gasteiger partial charge in [-0.15, -0.1) is 0 Å². The number of nitrogens with one attached hydrogen (secondary N) is 1. The molecule has 21 heavy (non-hydrogen) atoms. The van der Waals surface area contributed by atoms with E-state index in [1.54, 1.807) is 12.1 Å². The number of nitrogens with two attached hydrogens (primary N) is 1. The van der Waals surface area contributed by atoms with Gasteiger partial charge in [-0.25, -0.2) is 8.42 Å². The molecule has 1 rings (SSSR count). The molecule has 0 radical (unpaired) electrons. The fourth-order valence-electron chi connectivity index (χ4n) is 1.63. The van der Waals surface area contributed by atoms with Gasteiger partial charge in [0.05, 0.1) is 11.4 Å². The predicted molar refractivity (Wildman–Crippen MR) is 85.3 cm³/mol. The number of rotatable bonds is 8. The Morgan fingerprint density at radius 3 is 2.48 bits per heavy atom. The lowest BCUT2D eigenvalue weighted by molar-refractivity contribution is -0.121. The molecule has 0 atom stereocenters. The molecule has 0 saturated carbocycles. The van der Waals surface area contributed by atoms with Gasteiger partial charge in [-0.1, -0.05) is 15.9 Å². The Balaban J connectivity index is 2.59. The highest BCUT2D eigenvalue weighted by molar-refractivity contribution is 9.10. The number of sulfonamides is 1. The summed E-state index contributed by atoms with van der Waals surface area (Å²) >= 11 is 3.25. The lowest BCUT2D eigenvalue weighted by Crippen LogP contribution is -2.38. The molecule has 1 aromatic rings. The highest BCUT2D eigenvalue weighted by atomic mass is 79.9. The molecule has 6 nitrogen and oxygen atoms in total. The van der Waals surface area contributed by atoms with Gasteiger partial charge in [0.1, 0.15) is 0 Å². The van der Waals surface area contributed by atoms with Gasteiger partial charge in [0.25, 0.3) is 0 Å². The number of nitrogens with zero attached hydrogens (tertiary/aromatic N) is 1. The van der Waals surface area contributed by atoms with E-state index in [0.29, 0.717) is 13.1 Å². The van der Waals surface area contributed by atoms with Gasteiger partial charge in [0.15, 0.2) is 0 Å². The fourth-order valence-corrected chi connectivity index (χ4v) is 3.02. The van der Waals surface area contributed by atoms with Gasteiger partial charge < -0.3 is 11.1 Å². The molecule has 118 valence electrons. The molecule has 0 aliphatic carbocycles. The second-order valence-electron chi connectivity index (χ2n) is 4.56. The third-order valence-electron chi connectivity index (χ3n) is 2.84. The van der Waals surface area contributed by atoms with Crippen LogP contribution in [0.25, 0.3) is 0 Å². The van der Waals surface area contributed by atoms with Crippen molar-refractivity contribution in [1.82, 2.24) is 9.62 Å². The Kier molecular flexibility index (Phi) is 7.30. The van der Waals surface area contributed by atoms with Crippen molar-refractivity contribution in [3.05, 3.63) is 28.7 Å². The van der Waals surface area contributed by atoms with Crippen LogP contribution in [0.4, 0.5) is 0 Å². The van der Waals surface area contributed by atoms with Crippen molar-refractivity contribution < 1.29 is 13.2 Å². The summed E-state index contributed by atoms with van der Waals surface area (Å²) < 4.78 is 26.4. The topological polar surface area (TPSA) is 92.5 Å². The quantitative estimate of drug-likeness (QED) is 0.658. The van der Waals surface area contributed by atoms with Crippen LogP contribution in [0.2, 0.25) is 0 Å². The van der Waals surface area contributed by atoms with E-state index in [1.807, 2.05) is 0 Å². The number of carbonyl (C=O) groups is 1. The molecule has 0 spiro atoms. The number of amides is 1. The molecule has 0 aliphatic heterocycles. The third-order valence-corrected chi connectivity index (χ3v) is 5.19. The van der Waals surface area contributed by atoms with Crippen molar-refractivity contribution in [3.63, 3.8) is 0 Å². The lowest BCUT2D eigenvalue weighted by atomic mass is 10.3. The molecular weight excluding hydrogens is 358 g/mol. The van der Waals surface area contributed by atoms with Crippen molar-refractivity contribution in [3.8, 4) is 0 Å². The van der Waals surface area contributed by atoms with E-state index < -0.39 is 10.0 Å². The van der Waals surface area contributed by atoms with E-state index in [2.05, 4.69) is 21.2 Å². The molecule has 0 aliphatic rings. The normalized spacial score (nSPS) is 11.6. The number of halogens is 1. The van der Waals surface area contributed by atoms with Gasteiger partial charge in [-0.2, -0.15) is 4.31 Å². The van der Waals surface area contributed by atoms with E-state index in [1.165, 1.54) is 19.2 Å². The minimum Gasteiger partial charge on any atom is -0.355 e. The van der Waals surface area contributed by atoms with Crippen molar-refractivity contribution in [2.75, 3.05) is 26.7 Å². The zero-order valence-corrected chi connectivity index (χ0v) is 14.3. The molecule has 0 aromatic heterocycles. The fraction of sp³-hybridized carbons (Fsp3) is 0.462. The number of hydrogen-bond acceptors (Lipinski definition) is 4. The van der Waals surface area contributed by atoms with Crippen LogP contribution in [0.5, 0.6) is 0 Å². The molecule has 1 amide bonds. The van der Waals surface area contributed by atoms with Crippen molar-refractivity contribution in [2.24, 2.45) is 5.73 Å². The van der Waals surface area contributed by atoms with E-state index in [0.717, 1.165) is 21.6 Å². The minimum absolute atomic E-state index is 0.157. The van der Waals surface area contributed by atoms with Crippen LogP contribution >= 0.6 is 15.9 Å². The second-order valence-corrected chi connectivity index (χ2v) is 7.52. The van der Waals surface area contributed by atoms with Crippen molar-refractivity contribution in [1.29, 1.82) is 0 Å². The van der Waals surface area contributed by atoms with Crippen LogP contribution in [0.3, 0.4) is 0 Å². The standard InChI is InChI=1S/C13H20BrN3O3S/c1-17(10-13(18)16-9-3-2-8-15)21(19,20)12-6-4-11(14)5-7-12/h4-7H,2-3,8-10,15H2,1H3,(H,16,18). The molecular formula is C13H20BrN3O3S. The molecule has 1 aromatic carbocycles. The summed E-state index contributed by atoms with van der Waals surface area (Å²) in [5.74, 6) is -0.324. The smallest absolute Gasteiger partial charge is 0.243 e. The maximum absolute atomic E-state index is 12.3. The third kappa shape index (κ3) is 5.74. The average Bonchev–Trinajstić information content (AvgIpc) is 2.44. The molecule has 0 unspecified atom stereocenters. The minimum atomic E-state index is -3.65. The molecule has 8 heteroatoms. The SMILES string of the molecule is CN(CC(=O)NCCCCN)S(=O)(=O)c1ccc(Br)cc1. The van der Waals surface area contributed by atoms with Gasteiger partial charge in [-0.3, -0.25) is 4.79 Å². The predicted octanol–water partition coefficient (Wildman–Crippen LogP) is 0.925. The zero-order valence-electron chi connectivity index (χ0n) is 11.9. The van der Waals surface area contributed by atoms with Crippen LogP contribution in [-0.2, 0) is 14.8 Å². The van der Waals surface area contributed by atoms with E-state index in [4.69, 9.17) is 5.73 Å². The number of unbranched alkanes of at least 4 members (excludes halogenated alkanes) is 1.